The van der Waals surface area contributed by atoms with Crippen LogP contribution in [0.1, 0.15) is 12.5 Å². The van der Waals surface area contributed by atoms with Crippen molar-refractivity contribution >= 4 is 56.2 Å². The van der Waals surface area contributed by atoms with Gasteiger partial charge in [-0.25, -0.2) is 8.42 Å². The Morgan fingerprint density at radius 3 is 2.36 bits per heavy atom. The van der Waals surface area contributed by atoms with Crippen molar-refractivity contribution in [2.45, 2.75) is 19.9 Å². The highest BCUT2D eigenvalue weighted by Crippen LogP contribution is 2.29. The van der Waals surface area contributed by atoms with Crippen molar-refractivity contribution in [3.05, 3.63) is 62.1 Å². The molecule has 2 aromatic rings. The number of hydrogen-bond donors (Lipinski definition) is 1. The van der Waals surface area contributed by atoms with Gasteiger partial charge in [0.25, 0.3) is 5.69 Å². The molecule has 0 fully saturated rings. The molecule has 28 heavy (non-hydrogen) atoms. The van der Waals surface area contributed by atoms with E-state index in [-0.39, 0.29) is 22.1 Å². The molecule has 2 rings (SSSR count). The fraction of sp³-hybridized carbons (Fsp3) is 0.235. The summed E-state index contributed by atoms with van der Waals surface area (Å²) in [6.07, 6.45) is 0.963. The largest absolute Gasteiger partial charge is 0.323 e. The van der Waals surface area contributed by atoms with E-state index in [0.29, 0.717) is 5.02 Å². The van der Waals surface area contributed by atoms with Crippen LogP contribution in [-0.4, -0.2) is 31.5 Å². The molecule has 150 valence electrons. The molecule has 0 aliphatic heterocycles. The number of nitrogens with one attached hydrogen (secondary N) is 1. The van der Waals surface area contributed by atoms with Crippen molar-refractivity contribution in [3.8, 4) is 0 Å². The first-order chi connectivity index (χ1) is 12.9. The Bertz CT molecular complexity index is 1040. The molecule has 0 aromatic heterocycles. The van der Waals surface area contributed by atoms with E-state index in [9.17, 15) is 23.3 Å². The predicted molar refractivity (Wildman–Crippen MR) is 110 cm³/mol. The van der Waals surface area contributed by atoms with Gasteiger partial charge in [0, 0.05) is 17.2 Å². The number of nitrogens with zero attached hydrogens (tertiary/aromatic N) is 2. The number of amides is 1. The smallest absolute Gasteiger partial charge is 0.271 e. The van der Waals surface area contributed by atoms with Crippen LogP contribution in [0.4, 0.5) is 17.1 Å². The van der Waals surface area contributed by atoms with Gasteiger partial charge in [0.2, 0.25) is 15.9 Å². The van der Waals surface area contributed by atoms with E-state index in [0.717, 1.165) is 22.2 Å². The minimum Gasteiger partial charge on any atom is -0.323 e. The molecule has 0 saturated heterocycles. The maximum Gasteiger partial charge on any atom is 0.271 e. The second-order valence-electron chi connectivity index (χ2n) is 6.08. The molecule has 0 unspecified atom stereocenters. The van der Waals surface area contributed by atoms with Crippen LogP contribution < -0.4 is 9.62 Å². The SMILES string of the molecule is Cc1ccc(N([C@H](C)C(=O)Nc2cc([N+](=O)[O-])ccc2Cl)S(C)(=O)=O)cc1Cl. The molecule has 0 saturated carbocycles. The number of nitro benzene ring substituents is 1. The maximum atomic E-state index is 12.7. The zero-order chi connectivity index (χ0) is 21.2. The fourth-order valence-electron chi connectivity index (χ4n) is 2.49. The van der Waals surface area contributed by atoms with E-state index in [2.05, 4.69) is 5.32 Å². The molecule has 11 heteroatoms. The Kier molecular flexibility index (Phi) is 6.53. The third-order valence-corrected chi connectivity index (χ3v) is 5.90. The molecule has 0 radical (unpaired) electrons. The molecule has 1 amide bonds. The first-order valence-electron chi connectivity index (χ1n) is 7.92. The minimum atomic E-state index is -3.84. The highest BCUT2D eigenvalue weighted by atomic mass is 35.5. The van der Waals surface area contributed by atoms with Crippen molar-refractivity contribution in [1.29, 1.82) is 0 Å². The lowest BCUT2D eigenvalue weighted by Crippen LogP contribution is -2.45. The summed E-state index contributed by atoms with van der Waals surface area (Å²) in [6.45, 7) is 3.15. The third-order valence-electron chi connectivity index (χ3n) is 3.92. The molecule has 0 heterocycles. The van der Waals surface area contributed by atoms with Crippen LogP contribution in [0.2, 0.25) is 10.0 Å². The van der Waals surface area contributed by atoms with Crippen LogP contribution >= 0.6 is 23.2 Å². The number of carbonyl (C=O) groups is 1. The number of aryl methyl sites for hydroxylation is 1. The van der Waals surface area contributed by atoms with Gasteiger partial charge < -0.3 is 5.32 Å². The first-order valence-corrected chi connectivity index (χ1v) is 10.5. The zero-order valence-corrected chi connectivity index (χ0v) is 17.5. The Hall–Kier alpha value is -2.36. The summed E-state index contributed by atoms with van der Waals surface area (Å²) in [5.74, 6) is -0.718. The molecule has 0 aliphatic rings. The number of sulfonamides is 1. The number of halogens is 2. The van der Waals surface area contributed by atoms with Crippen molar-refractivity contribution < 1.29 is 18.1 Å². The summed E-state index contributed by atoms with van der Waals surface area (Å²) in [5.41, 5.74) is 0.700. The Labute approximate surface area is 172 Å². The highest BCUT2D eigenvalue weighted by Gasteiger charge is 2.30. The van der Waals surface area contributed by atoms with Crippen LogP contribution in [0.15, 0.2) is 36.4 Å². The molecule has 0 bridgehead atoms. The van der Waals surface area contributed by atoms with E-state index in [4.69, 9.17) is 23.2 Å². The summed E-state index contributed by atoms with van der Waals surface area (Å²) in [4.78, 5) is 23.0. The van der Waals surface area contributed by atoms with Crippen LogP contribution in [-0.2, 0) is 14.8 Å². The second-order valence-corrected chi connectivity index (χ2v) is 8.75. The van der Waals surface area contributed by atoms with Crippen molar-refractivity contribution in [2.24, 2.45) is 0 Å². The number of hydrogen-bond acceptors (Lipinski definition) is 5. The molecule has 8 nitrogen and oxygen atoms in total. The maximum absolute atomic E-state index is 12.7. The third kappa shape index (κ3) is 4.92. The lowest BCUT2D eigenvalue weighted by Gasteiger charge is -2.28. The van der Waals surface area contributed by atoms with Gasteiger partial charge in [0.1, 0.15) is 6.04 Å². The standard InChI is InChI=1S/C17H17Cl2N3O5S/c1-10-4-5-12(8-15(10)19)21(28(3,26)27)11(2)17(23)20-16-9-13(22(24)25)6-7-14(16)18/h4-9,11H,1-3H3,(H,20,23)/t11-/m1/s1. The summed E-state index contributed by atoms with van der Waals surface area (Å²) in [5, 5.41) is 13.8. The van der Waals surface area contributed by atoms with E-state index >= 15 is 0 Å². The summed E-state index contributed by atoms with van der Waals surface area (Å²) < 4.78 is 25.6. The lowest BCUT2D eigenvalue weighted by molar-refractivity contribution is -0.384. The summed E-state index contributed by atoms with van der Waals surface area (Å²) in [6, 6.07) is 7.00. The van der Waals surface area contributed by atoms with Crippen molar-refractivity contribution in [2.75, 3.05) is 15.9 Å². The number of benzene rings is 2. The van der Waals surface area contributed by atoms with Gasteiger partial charge in [0.05, 0.1) is 27.6 Å². The summed E-state index contributed by atoms with van der Waals surface area (Å²) >= 11 is 12.1. The molecule has 0 spiro atoms. The van der Waals surface area contributed by atoms with Gasteiger partial charge in [-0.2, -0.15) is 0 Å². The lowest BCUT2D eigenvalue weighted by atomic mass is 10.2. The second kappa shape index (κ2) is 8.34. The summed E-state index contributed by atoms with van der Waals surface area (Å²) in [7, 11) is -3.84. The number of rotatable bonds is 6. The van der Waals surface area contributed by atoms with Crippen LogP contribution in [0.25, 0.3) is 0 Å². The van der Waals surface area contributed by atoms with E-state index < -0.39 is 26.9 Å². The van der Waals surface area contributed by atoms with Gasteiger partial charge in [-0.1, -0.05) is 29.3 Å². The highest BCUT2D eigenvalue weighted by molar-refractivity contribution is 7.92. The Balaban J connectivity index is 2.38. The average Bonchev–Trinajstić information content (AvgIpc) is 2.58. The first kappa shape index (κ1) is 21.9. The van der Waals surface area contributed by atoms with Gasteiger partial charge in [-0.05, 0) is 37.6 Å². The number of non-ortho nitro benzene ring substituents is 1. The van der Waals surface area contributed by atoms with Crippen LogP contribution in [0.3, 0.4) is 0 Å². The normalized spacial score (nSPS) is 12.3. The monoisotopic (exact) mass is 445 g/mol. The topological polar surface area (TPSA) is 110 Å². The number of nitro groups is 1. The molecular formula is C17H17Cl2N3O5S. The quantitative estimate of drug-likeness (QED) is 0.533. The van der Waals surface area contributed by atoms with Crippen molar-refractivity contribution in [3.63, 3.8) is 0 Å². The molecule has 1 atom stereocenters. The van der Waals surface area contributed by atoms with Gasteiger partial charge >= 0.3 is 0 Å². The fourth-order valence-corrected chi connectivity index (χ4v) is 3.99. The van der Waals surface area contributed by atoms with Crippen molar-refractivity contribution in [1.82, 2.24) is 0 Å². The Morgan fingerprint density at radius 1 is 1.18 bits per heavy atom. The Morgan fingerprint density at radius 2 is 1.82 bits per heavy atom. The van der Waals surface area contributed by atoms with Crippen LogP contribution in [0, 0.1) is 17.0 Å². The van der Waals surface area contributed by atoms with Gasteiger partial charge in [-0.15, -0.1) is 0 Å². The van der Waals surface area contributed by atoms with Gasteiger partial charge in [0.15, 0.2) is 0 Å². The zero-order valence-electron chi connectivity index (χ0n) is 15.1. The minimum absolute atomic E-state index is 0.00288. The molecule has 1 N–H and O–H groups in total. The van der Waals surface area contributed by atoms with Crippen LogP contribution in [0.5, 0.6) is 0 Å². The number of anilines is 2. The predicted octanol–water partition coefficient (Wildman–Crippen LogP) is 4.00. The van der Waals surface area contributed by atoms with E-state index in [1.54, 1.807) is 13.0 Å². The molecule has 0 aliphatic carbocycles. The molecular weight excluding hydrogens is 429 g/mol. The van der Waals surface area contributed by atoms with Gasteiger partial charge in [-0.3, -0.25) is 19.2 Å². The van der Waals surface area contributed by atoms with E-state index in [1.807, 2.05) is 0 Å². The molecule has 2 aromatic carbocycles. The number of carbonyl (C=O) groups excluding carboxylic acids is 1. The van der Waals surface area contributed by atoms with E-state index in [1.165, 1.54) is 31.2 Å². The average molecular weight is 446 g/mol.